The lowest BCUT2D eigenvalue weighted by Crippen LogP contribution is -2.31. The molecule has 1 heterocycles. The SMILES string of the molecule is O=Cc1cn(CC2(F)CCCCC2)nn1. The van der Waals surface area contributed by atoms with Gasteiger partial charge in [0.05, 0.1) is 12.7 Å². The van der Waals surface area contributed by atoms with Crippen LogP contribution in [0.2, 0.25) is 0 Å². The first kappa shape index (κ1) is 10.3. The first-order valence-electron chi connectivity index (χ1n) is 5.26. The van der Waals surface area contributed by atoms with Crippen molar-refractivity contribution in [2.24, 2.45) is 0 Å². The van der Waals surface area contributed by atoms with Crippen molar-refractivity contribution in [2.45, 2.75) is 44.3 Å². The second-order valence-corrected chi connectivity index (χ2v) is 4.17. The molecule has 2 rings (SSSR count). The van der Waals surface area contributed by atoms with Crippen LogP contribution in [0.4, 0.5) is 4.39 Å². The first-order chi connectivity index (χ1) is 7.22. The van der Waals surface area contributed by atoms with E-state index < -0.39 is 5.67 Å². The number of hydrogen-bond acceptors (Lipinski definition) is 3. The van der Waals surface area contributed by atoms with Crippen LogP contribution in [0.25, 0.3) is 0 Å². The third-order valence-electron chi connectivity index (χ3n) is 2.87. The number of halogens is 1. The second-order valence-electron chi connectivity index (χ2n) is 4.17. The van der Waals surface area contributed by atoms with Gasteiger partial charge in [-0.2, -0.15) is 0 Å². The van der Waals surface area contributed by atoms with Crippen LogP contribution in [0, 0.1) is 0 Å². The van der Waals surface area contributed by atoms with Crippen LogP contribution < -0.4 is 0 Å². The van der Waals surface area contributed by atoms with E-state index in [1.807, 2.05) is 0 Å². The molecule has 15 heavy (non-hydrogen) atoms. The number of aldehydes is 1. The summed E-state index contributed by atoms with van der Waals surface area (Å²) in [6, 6.07) is 0. The minimum atomic E-state index is -1.16. The molecule has 1 fully saturated rings. The summed E-state index contributed by atoms with van der Waals surface area (Å²) < 4.78 is 15.6. The van der Waals surface area contributed by atoms with Gasteiger partial charge in [0.25, 0.3) is 0 Å². The fourth-order valence-electron chi connectivity index (χ4n) is 2.08. The Kier molecular flexibility index (Phi) is 2.79. The summed E-state index contributed by atoms with van der Waals surface area (Å²) in [7, 11) is 0. The van der Waals surface area contributed by atoms with Crippen molar-refractivity contribution in [1.82, 2.24) is 15.0 Å². The maximum atomic E-state index is 14.2. The Morgan fingerprint density at radius 3 is 2.80 bits per heavy atom. The lowest BCUT2D eigenvalue weighted by molar-refractivity contribution is 0.0807. The van der Waals surface area contributed by atoms with Gasteiger partial charge in [0.2, 0.25) is 0 Å². The van der Waals surface area contributed by atoms with Crippen LogP contribution in [0.15, 0.2) is 6.20 Å². The summed E-state index contributed by atoms with van der Waals surface area (Å²) in [5.41, 5.74) is -0.902. The van der Waals surface area contributed by atoms with Crippen LogP contribution in [0.1, 0.15) is 42.6 Å². The number of carbonyl (C=O) groups is 1. The van der Waals surface area contributed by atoms with Gasteiger partial charge in [0.1, 0.15) is 11.4 Å². The van der Waals surface area contributed by atoms with Gasteiger partial charge < -0.3 is 0 Å². The van der Waals surface area contributed by atoms with Gasteiger partial charge in [-0.05, 0) is 12.8 Å². The molecule has 82 valence electrons. The lowest BCUT2D eigenvalue weighted by atomic mass is 9.86. The Bertz CT molecular complexity index is 344. The van der Waals surface area contributed by atoms with Crippen molar-refractivity contribution >= 4 is 6.29 Å². The van der Waals surface area contributed by atoms with Gasteiger partial charge in [0.15, 0.2) is 6.29 Å². The maximum absolute atomic E-state index is 14.2. The molecular formula is C10H14FN3O. The Hall–Kier alpha value is -1.26. The average molecular weight is 211 g/mol. The molecular weight excluding hydrogens is 197 g/mol. The normalized spacial score (nSPS) is 20.1. The summed E-state index contributed by atoms with van der Waals surface area (Å²) in [6.45, 7) is 0.216. The number of hydrogen-bond donors (Lipinski definition) is 0. The molecule has 0 N–H and O–H groups in total. The molecule has 0 amide bonds. The fraction of sp³-hybridized carbons (Fsp3) is 0.700. The molecule has 5 heteroatoms. The molecule has 0 aromatic carbocycles. The molecule has 1 aromatic rings. The number of aromatic nitrogens is 3. The quantitative estimate of drug-likeness (QED) is 0.716. The van der Waals surface area contributed by atoms with E-state index in [1.165, 1.54) is 10.9 Å². The van der Waals surface area contributed by atoms with Crippen LogP contribution in [0.5, 0.6) is 0 Å². The number of nitrogens with zero attached hydrogens (tertiary/aromatic N) is 3. The zero-order valence-corrected chi connectivity index (χ0v) is 8.53. The van der Waals surface area contributed by atoms with E-state index in [0.29, 0.717) is 19.1 Å². The molecule has 0 atom stereocenters. The van der Waals surface area contributed by atoms with Gasteiger partial charge >= 0.3 is 0 Å². The zero-order chi connectivity index (χ0) is 10.7. The molecule has 0 saturated heterocycles. The lowest BCUT2D eigenvalue weighted by Gasteiger charge is -2.28. The van der Waals surface area contributed by atoms with Crippen LogP contribution >= 0.6 is 0 Å². The van der Waals surface area contributed by atoms with Crippen LogP contribution in [-0.2, 0) is 6.54 Å². The third-order valence-corrected chi connectivity index (χ3v) is 2.87. The zero-order valence-electron chi connectivity index (χ0n) is 8.53. The highest BCUT2D eigenvalue weighted by atomic mass is 19.1. The Labute approximate surface area is 87.5 Å². The van der Waals surface area contributed by atoms with Crippen molar-refractivity contribution in [3.8, 4) is 0 Å². The summed E-state index contributed by atoms with van der Waals surface area (Å²) in [4.78, 5) is 10.4. The number of rotatable bonds is 3. The van der Waals surface area contributed by atoms with Gasteiger partial charge in [-0.1, -0.05) is 24.5 Å². The molecule has 0 spiro atoms. The molecule has 0 radical (unpaired) electrons. The topological polar surface area (TPSA) is 47.8 Å². The Morgan fingerprint density at radius 1 is 1.47 bits per heavy atom. The van der Waals surface area contributed by atoms with Crippen molar-refractivity contribution in [3.63, 3.8) is 0 Å². The predicted octanol–water partition coefficient (Wildman–Crippen LogP) is 1.76. The molecule has 1 aliphatic carbocycles. The van der Waals surface area contributed by atoms with E-state index in [2.05, 4.69) is 10.3 Å². The Balaban J connectivity index is 2.03. The predicted molar refractivity (Wildman–Crippen MR) is 52.3 cm³/mol. The summed E-state index contributed by atoms with van der Waals surface area (Å²) in [6.07, 6.45) is 6.27. The molecule has 1 aliphatic rings. The highest BCUT2D eigenvalue weighted by molar-refractivity contribution is 5.70. The van der Waals surface area contributed by atoms with Crippen molar-refractivity contribution < 1.29 is 9.18 Å². The van der Waals surface area contributed by atoms with Crippen LogP contribution in [0.3, 0.4) is 0 Å². The standard InChI is InChI=1S/C10H14FN3O/c11-10(4-2-1-3-5-10)8-14-6-9(7-15)12-13-14/h6-7H,1-5,8H2. The number of carbonyl (C=O) groups excluding carboxylic acids is 1. The van der Waals surface area contributed by atoms with Crippen molar-refractivity contribution in [3.05, 3.63) is 11.9 Å². The van der Waals surface area contributed by atoms with Crippen LogP contribution in [-0.4, -0.2) is 26.9 Å². The van der Waals surface area contributed by atoms with Crippen molar-refractivity contribution in [2.75, 3.05) is 0 Å². The molecule has 4 nitrogen and oxygen atoms in total. The third kappa shape index (κ3) is 2.40. The maximum Gasteiger partial charge on any atom is 0.171 e. The fourth-order valence-corrected chi connectivity index (χ4v) is 2.08. The van der Waals surface area contributed by atoms with E-state index in [9.17, 15) is 9.18 Å². The highest BCUT2D eigenvalue weighted by Gasteiger charge is 2.32. The molecule has 1 saturated carbocycles. The van der Waals surface area contributed by atoms with E-state index >= 15 is 0 Å². The minimum Gasteiger partial charge on any atom is -0.296 e. The average Bonchev–Trinajstić information content (AvgIpc) is 2.66. The van der Waals surface area contributed by atoms with Gasteiger partial charge in [-0.15, -0.1) is 5.10 Å². The molecule has 0 aliphatic heterocycles. The summed E-state index contributed by atoms with van der Waals surface area (Å²) >= 11 is 0. The van der Waals surface area contributed by atoms with Gasteiger partial charge in [-0.3, -0.25) is 4.79 Å². The van der Waals surface area contributed by atoms with Crippen molar-refractivity contribution in [1.29, 1.82) is 0 Å². The van der Waals surface area contributed by atoms with E-state index in [1.54, 1.807) is 0 Å². The molecule has 0 unspecified atom stereocenters. The molecule has 1 aromatic heterocycles. The smallest absolute Gasteiger partial charge is 0.171 e. The summed E-state index contributed by atoms with van der Waals surface area (Å²) in [5, 5.41) is 7.33. The molecule has 0 bridgehead atoms. The first-order valence-corrected chi connectivity index (χ1v) is 5.26. The second kappa shape index (κ2) is 4.08. The largest absolute Gasteiger partial charge is 0.296 e. The minimum absolute atomic E-state index is 0.216. The number of alkyl halides is 1. The summed E-state index contributed by atoms with van der Waals surface area (Å²) in [5.74, 6) is 0. The van der Waals surface area contributed by atoms with Gasteiger partial charge in [-0.25, -0.2) is 9.07 Å². The van der Waals surface area contributed by atoms with E-state index in [4.69, 9.17) is 0 Å². The van der Waals surface area contributed by atoms with Gasteiger partial charge in [0, 0.05) is 0 Å². The van der Waals surface area contributed by atoms with E-state index in [0.717, 1.165) is 19.3 Å². The Morgan fingerprint density at radius 2 is 2.20 bits per heavy atom. The monoisotopic (exact) mass is 211 g/mol. The van der Waals surface area contributed by atoms with E-state index in [-0.39, 0.29) is 12.2 Å². The highest BCUT2D eigenvalue weighted by Crippen LogP contribution is 2.32.